The third kappa shape index (κ3) is 1.41. The molecular weight excluding hydrogens is 259 g/mol. The smallest absolute Gasteiger partial charge is 0.243 e. The maximum Gasteiger partial charge on any atom is 0.373 e. The molecule has 0 aliphatic rings. The van der Waals surface area contributed by atoms with Gasteiger partial charge in [-0.2, -0.15) is 23.8 Å². The molecule has 2 aromatic rings. The van der Waals surface area contributed by atoms with Crippen LogP contribution < -0.4 is 0 Å². The Labute approximate surface area is 84.7 Å². The lowest BCUT2D eigenvalue weighted by molar-refractivity contribution is 0.237. The van der Waals surface area contributed by atoms with Crippen LogP contribution in [0.3, 0.4) is 0 Å². The van der Waals surface area contributed by atoms with Gasteiger partial charge in [-0.15, -0.1) is 5.10 Å². The molecule has 0 aliphatic heterocycles. The Morgan fingerprint density at radius 3 is 2.86 bits per heavy atom. The van der Waals surface area contributed by atoms with Crippen LogP contribution in [-0.4, -0.2) is 35.6 Å². The monoisotopic (exact) mass is 260 g/mol. The summed E-state index contributed by atoms with van der Waals surface area (Å²) in [6.07, 6.45) is 1.36. The van der Waals surface area contributed by atoms with Crippen molar-refractivity contribution in [1.82, 2.24) is 29.5 Å². The molecule has 7 nitrogen and oxygen atoms in total. The summed E-state index contributed by atoms with van der Waals surface area (Å²) < 4.78 is 14.1. The van der Waals surface area contributed by atoms with E-state index in [9.17, 15) is 9.18 Å². The van der Waals surface area contributed by atoms with Gasteiger partial charge in [-0.25, -0.2) is 9.78 Å². The summed E-state index contributed by atoms with van der Waals surface area (Å²) in [5.74, 6) is 0. The molecule has 14 heavy (non-hydrogen) atoms. The maximum atomic E-state index is 12.5. The molecule has 0 N–H and O–H groups in total. The third-order valence-corrected chi connectivity index (χ3v) is 1.85. The predicted molar refractivity (Wildman–Crippen MR) is 43.9 cm³/mol. The Balaban J connectivity index is 2.41. The number of nitrogens with zero attached hydrogens (tertiary/aromatic N) is 6. The second-order valence-corrected chi connectivity index (χ2v) is 2.89. The molecule has 2 aromatic heterocycles. The predicted octanol–water partition coefficient (Wildman–Crippen LogP) is 0.288. The molecule has 2 rings (SSSR count). The second kappa shape index (κ2) is 3.25. The summed E-state index contributed by atoms with van der Waals surface area (Å²) in [5, 5.41) is 6.79. The average molecular weight is 261 g/mol. The molecule has 0 spiro atoms. The van der Waals surface area contributed by atoms with E-state index >= 15 is 0 Å². The van der Waals surface area contributed by atoms with Gasteiger partial charge >= 0.3 is 12.1 Å². The van der Waals surface area contributed by atoms with Gasteiger partial charge in [-0.3, -0.25) is 0 Å². The van der Waals surface area contributed by atoms with E-state index in [1.54, 1.807) is 0 Å². The summed E-state index contributed by atoms with van der Waals surface area (Å²) >= 11 is 2.87. The van der Waals surface area contributed by atoms with E-state index in [4.69, 9.17) is 0 Å². The molecule has 2 heterocycles. The molecular formula is C5H2BrFN6O. The fraction of sp³-hybridized carbons (Fsp3) is 0. The number of hydrogen-bond donors (Lipinski definition) is 0. The number of halogens is 2. The minimum atomic E-state index is -0.995. The molecule has 0 aromatic carbocycles. The molecule has 0 amide bonds. The Kier molecular flexibility index (Phi) is 2.08. The van der Waals surface area contributed by atoms with Gasteiger partial charge in [-0.05, 0) is 15.9 Å². The molecule has 0 atom stereocenters. The molecule has 0 saturated carbocycles. The second-order valence-electron chi connectivity index (χ2n) is 2.18. The Morgan fingerprint density at radius 2 is 2.36 bits per heavy atom. The molecule has 0 saturated heterocycles. The van der Waals surface area contributed by atoms with E-state index in [1.807, 2.05) is 0 Å². The van der Waals surface area contributed by atoms with Crippen LogP contribution in [0.5, 0.6) is 0 Å². The zero-order valence-electron chi connectivity index (χ0n) is 6.50. The molecule has 72 valence electrons. The van der Waals surface area contributed by atoms with Gasteiger partial charge in [0.15, 0.2) is 0 Å². The highest BCUT2D eigenvalue weighted by Crippen LogP contribution is 2.06. The van der Waals surface area contributed by atoms with Crippen molar-refractivity contribution >= 4 is 22.0 Å². The minimum Gasteiger partial charge on any atom is -0.243 e. The van der Waals surface area contributed by atoms with Crippen molar-refractivity contribution in [2.45, 2.75) is 0 Å². The maximum absolute atomic E-state index is 12.5. The van der Waals surface area contributed by atoms with Crippen molar-refractivity contribution in [2.75, 3.05) is 0 Å². The summed E-state index contributed by atoms with van der Waals surface area (Å²) in [6.45, 7) is 0. The standard InChI is InChI=1S/C5H2BrFN6O/c6-3-10-4(7)11-13(3)5(14)12-2-8-1-9-12/h1-2H. The molecule has 0 unspecified atom stereocenters. The van der Waals surface area contributed by atoms with Gasteiger partial charge in [-0.1, -0.05) is 0 Å². The molecule has 0 fully saturated rings. The molecule has 0 radical (unpaired) electrons. The largest absolute Gasteiger partial charge is 0.373 e. The summed E-state index contributed by atoms with van der Waals surface area (Å²) in [4.78, 5) is 18.3. The molecule has 0 aliphatic carbocycles. The zero-order valence-corrected chi connectivity index (χ0v) is 8.09. The highest BCUT2D eigenvalue weighted by atomic mass is 79.9. The van der Waals surface area contributed by atoms with Crippen LogP contribution in [0.2, 0.25) is 0 Å². The average Bonchev–Trinajstić information content (AvgIpc) is 2.73. The normalized spacial score (nSPS) is 10.4. The number of hydrogen-bond acceptors (Lipinski definition) is 5. The number of carbonyl (C=O) groups excluding carboxylic acids is 1. The highest BCUT2D eigenvalue weighted by molar-refractivity contribution is 9.10. The van der Waals surface area contributed by atoms with Gasteiger partial charge < -0.3 is 0 Å². The van der Waals surface area contributed by atoms with Crippen molar-refractivity contribution in [1.29, 1.82) is 0 Å². The van der Waals surface area contributed by atoms with Crippen molar-refractivity contribution in [2.24, 2.45) is 0 Å². The fourth-order valence-electron chi connectivity index (χ4n) is 0.795. The van der Waals surface area contributed by atoms with Crippen molar-refractivity contribution in [3.63, 3.8) is 0 Å². The van der Waals surface area contributed by atoms with E-state index in [1.165, 1.54) is 12.7 Å². The Hall–Kier alpha value is -1.64. The van der Waals surface area contributed by atoms with Gasteiger partial charge in [0.1, 0.15) is 12.7 Å². The van der Waals surface area contributed by atoms with Crippen LogP contribution in [0, 0.1) is 6.08 Å². The number of carbonyl (C=O) groups is 1. The van der Waals surface area contributed by atoms with Crippen molar-refractivity contribution in [3.8, 4) is 0 Å². The van der Waals surface area contributed by atoms with Crippen molar-refractivity contribution < 1.29 is 9.18 Å². The van der Waals surface area contributed by atoms with Crippen LogP contribution in [0.4, 0.5) is 9.18 Å². The summed E-state index contributed by atoms with van der Waals surface area (Å²) in [7, 11) is 0. The lowest BCUT2D eigenvalue weighted by Gasteiger charge is -1.97. The first-order valence-corrected chi connectivity index (χ1v) is 4.15. The molecule has 9 heteroatoms. The van der Waals surface area contributed by atoms with Crippen LogP contribution in [0.15, 0.2) is 17.4 Å². The number of rotatable bonds is 0. The molecule has 0 bridgehead atoms. The lowest BCUT2D eigenvalue weighted by atomic mass is 10.9. The first kappa shape index (κ1) is 8.94. The minimum absolute atomic E-state index is 0.0319. The van der Waals surface area contributed by atoms with E-state index in [-0.39, 0.29) is 4.73 Å². The van der Waals surface area contributed by atoms with Crippen molar-refractivity contribution in [3.05, 3.63) is 23.5 Å². The van der Waals surface area contributed by atoms with Gasteiger partial charge in [0.05, 0.1) is 0 Å². The lowest BCUT2D eigenvalue weighted by Crippen LogP contribution is -2.21. The van der Waals surface area contributed by atoms with Crippen LogP contribution in [-0.2, 0) is 0 Å². The SMILES string of the molecule is O=C(n1cncn1)n1nc(F)nc1Br. The van der Waals surface area contributed by atoms with E-state index in [0.29, 0.717) is 0 Å². The Morgan fingerprint density at radius 1 is 1.57 bits per heavy atom. The van der Waals surface area contributed by atoms with Crippen LogP contribution >= 0.6 is 15.9 Å². The number of aromatic nitrogens is 6. The zero-order chi connectivity index (χ0) is 10.1. The van der Waals surface area contributed by atoms with Crippen LogP contribution in [0.1, 0.15) is 0 Å². The summed E-state index contributed by atoms with van der Waals surface area (Å²) in [6, 6.07) is -0.675. The van der Waals surface area contributed by atoms with Gasteiger partial charge in [0.25, 0.3) is 0 Å². The quantitative estimate of drug-likeness (QED) is 0.680. The first-order chi connectivity index (χ1) is 6.68. The van der Waals surface area contributed by atoms with E-state index in [0.717, 1.165) is 9.36 Å². The first-order valence-electron chi connectivity index (χ1n) is 3.36. The summed E-state index contributed by atoms with van der Waals surface area (Å²) in [5.41, 5.74) is 0. The van der Waals surface area contributed by atoms with E-state index in [2.05, 4.69) is 36.1 Å². The topological polar surface area (TPSA) is 78.5 Å². The highest BCUT2D eigenvalue weighted by Gasteiger charge is 2.15. The fourth-order valence-corrected chi connectivity index (χ4v) is 1.17. The Bertz CT molecular complexity index is 465. The van der Waals surface area contributed by atoms with Crippen LogP contribution in [0.25, 0.3) is 0 Å². The van der Waals surface area contributed by atoms with Gasteiger partial charge in [0, 0.05) is 0 Å². The van der Waals surface area contributed by atoms with E-state index < -0.39 is 12.1 Å². The third-order valence-electron chi connectivity index (χ3n) is 1.34. The van der Waals surface area contributed by atoms with Gasteiger partial charge in [0.2, 0.25) is 4.73 Å².